The number of aromatic nitrogens is 2. The molecule has 6 nitrogen and oxygen atoms in total. The van der Waals surface area contributed by atoms with Crippen molar-refractivity contribution in [3.63, 3.8) is 0 Å². The second kappa shape index (κ2) is 6.83. The molecule has 84 valence electrons. The Morgan fingerprint density at radius 2 is 2.47 bits per heavy atom. The van der Waals surface area contributed by atoms with E-state index in [1.807, 2.05) is 10.8 Å². The number of nitrogens with one attached hydrogen (secondary N) is 2. The molecule has 6 heteroatoms. The molecule has 0 amide bonds. The lowest BCUT2D eigenvalue weighted by Crippen LogP contribution is -2.42. The summed E-state index contributed by atoms with van der Waals surface area (Å²) >= 11 is 0. The monoisotopic (exact) mass is 210 g/mol. The highest BCUT2D eigenvalue weighted by molar-refractivity contribution is 5.79. The van der Waals surface area contributed by atoms with Crippen molar-refractivity contribution in [1.82, 2.24) is 20.3 Å². The first-order chi connectivity index (χ1) is 7.36. The molecule has 0 saturated carbocycles. The smallest absolute Gasteiger partial charge is 0.205 e. The molecule has 4 N–H and O–H groups in total. The topological polar surface area (TPSA) is 80.3 Å². The summed E-state index contributed by atoms with van der Waals surface area (Å²) in [6, 6.07) is 0. The third-order valence-electron chi connectivity index (χ3n) is 1.85. The highest BCUT2D eigenvalue weighted by atomic mass is 15.3. The van der Waals surface area contributed by atoms with Crippen molar-refractivity contribution >= 4 is 5.96 Å². The van der Waals surface area contributed by atoms with E-state index in [0.29, 0.717) is 5.96 Å². The van der Waals surface area contributed by atoms with Gasteiger partial charge in [0, 0.05) is 32.0 Å². The van der Waals surface area contributed by atoms with Crippen LogP contribution in [0, 0.1) is 0 Å². The predicted octanol–water partition coefficient (Wildman–Crippen LogP) is -0.298. The van der Waals surface area contributed by atoms with Gasteiger partial charge in [0.05, 0.1) is 6.33 Å². The molecule has 0 saturated heterocycles. The van der Waals surface area contributed by atoms with E-state index in [1.54, 1.807) is 12.5 Å². The van der Waals surface area contributed by atoms with Gasteiger partial charge in [-0.3, -0.25) is 10.4 Å². The Kier molecular flexibility index (Phi) is 5.24. The van der Waals surface area contributed by atoms with Gasteiger partial charge in [-0.05, 0) is 6.42 Å². The molecular weight excluding hydrogens is 192 g/mol. The average molecular weight is 210 g/mol. The summed E-state index contributed by atoms with van der Waals surface area (Å²) in [4.78, 5) is 8.18. The van der Waals surface area contributed by atoms with Gasteiger partial charge in [-0.1, -0.05) is 6.92 Å². The molecule has 1 aromatic rings. The molecule has 0 aromatic carbocycles. The minimum Gasteiger partial charge on any atom is -0.354 e. The number of rotatable bonds is 5. The number of hydrogen-bond donors (Lipinski definition) is 3. The van der Waals surface area contributed by atoms with Crippen molar-refractivity contribution in [2.75, 3.05) is 13.1 Å². The molecular formula is C9H18N6. The number of aliphatic imine (C=N–C) groups is 1. The summed E-state index contributed by atoms with van der Waals surface area (Å²) in [6.07, 6.45) is 6.46. The van der Waals surface area contributed by atoms with Crippen LogP contribution in [-0.4, -0.2) is 28.6 Å². The highest BCUT2D eigenvalue weighted by Crippen LogP contribution is 1.84. The van der Waals surface area contributed by atoms with Crippen molar-refractivity contribution < 1.29 is 0 Å². The average Bonchev–Trinajstić information content (AvgIpc) is 2.76. The molecule has 0 fully saturated rings. The minimum atomic E-state index is 0.636. The van der Waals surface area contributed by atoms with Gasteiger partial charge in [-0.2, -0.15) is 0 Å². The Bertz CT molecular complexity index is 279. The van der Waals surface area contributed by atoms with E-state index in [4.69, 9.17) is 5.84 Å². The molecule has 0 unspecified atom stereocenters. The molecule has 0 atom stereocenters. The second-order valence-corrected chi connectivity index (χ2v) is 3.10. The van der Waals surface area contributed by atoms with Crippen molar-refractivity contribution in [3.05, 3.63) is 18.7 Å². The van der Waals surface area contributed by atoms with Gasteiger partial charge >= 0.3 is 0 Å². The Morgan fingerprint density at radius 3 is 3.07 bits per heavy atom. The van der Waals surface area contributed by atoms with Crippen LogP contribution in [0.3, 0.4) is 0 Å². The van der Waals surface area contributed by atoms with Gasteiger partial charge in [-0.25, -0.2) is 10.8 Å². The fourth-order valence-corrected chi connectivity index (χ4v) is 1.10. The fourth-order valence-electron chi connectivity index (χ4n) is 1.10. The standard InChI is InChI=1S/C9H18N6/c1-2-3-12-9(14-10)13-5-7-15-6-4-11-8-15/h4,6,8H,2-3,5,7,10H2,1H3,(H2,12,13,14). The largest absolute Gasteiger partial charge is 0.354 e. The highest BCUT2D eigenvalue weighted by Gasteiger charge is 1.94. The van der Waals surface area contributed by atoms with Crippen molar-refractivity contribution in [1.29, 1.82) is 0 Å². The minimum absolute atomic E-state index is 0.636. The van der Waals surface area contributed by atoms with Crippen LogP contribution >= 0.6 is 0 Å². The van der Waals surface area contributed by atoms with Crippen LogP contribution in [0.2, 0.25) is 0 Å². The molecule has 1 rings (SSSR count). The van der Waals surface area contributed by atoms with Crippen molar-refractivity contribution in [2.24, 2.45) is 10.8 Å². The molecule has 1 heterocycles. The summed E-state index contributed by atoms with van der Waals surface area (Å²) in [5, 5.41) is 3.11. The van der Waals surface area contributed by atoms with E-state index < -0.39 is 0 Å². The molecule has 15 heavy (non-hydrogen) atoms. The normalized spacial score (nSPS) is 11.5. The Labute approximate surface area is 89.6 Å². The van der Waals surface area contributed by atoms with Gasteiger partial charge in [0.25, 0.3) is 0 Å². The maximum absolute atomic E-state index is 5.31. The Morgan fingerprint density at radius 1 is 1.60 bits per heavy atom. The van der Waals surface area contributed by atoms with Gasteiger partial charge in [0.2, 0.25) is 5.96 Å². The summed E-state index contributed by atoms with van der Waals surface area (Å²) < 4.78 is 1.99. The molecule has 1 aromatic heterocycles. The Hall–Kier alpha value is -1.56. The first-order valence-electron chi connectivity index (χ1n) is 5.07. The maximum Gasteiger partial charge on any atom is 0.205 e. The summed E-state index contributed by atoms with van der Waals surface area (Å²) in [7, 11) is 0. The van der Waals surface area contributed by atoms with E-state index in [1.165, 1.54) is 0 Å². The van der Waals surface area contributed by atoms with Crippen molar-refractivity contribution in [2.45, 2.75) is 19.9 Å². The van der Waals surface area contributed by atoms with Crippen LogP contribution in [0.5, 0.6) is 0 Å². The maximum atomic E-state index is 5.31. The zero-order chi connectivity index (χ0) is 10.9. The van der Waals surface area contributed by atoms with Crippen LogP contribution in [-0.2, 0) is 6.54 Å². The van der Waals surface area contributed by atoms with E-state index >= 15 is 0 Å². The van der Waals surface area contributed by atoms with E-state index in [-0.39, 0.29) is 0 Å². The number of nitrogens with zero attached hydrogens (tertiary/aromatic N) is 3. The van der Waals surface area contributed by atoms with Crippen LogP contribution < -0.4 is 16.6 Å². The number of hydrogen-bond acceptors (Lipinski definition) is 3. The van der Waals surface area contributed by atoms with Gasteiger partial charge < -0.3 is 9.88 Å². The Balaban J connectivity index is 2.23. The summed E-state index contributed by atoms with van der Waals surface area (Å²) in [5.41, 5.74) is 2.53. The van der Waals surface area contributed by atoms with Gasteiger partial charge in [0.1, 0.15) is 0 Å². The molecule has 0 bridgehead atoms. The van der Waals surface area contributed by atoms with Crippen LogP contribution in [0.15, 0.2) is 23.7 Å². The van der Waals surface area contributed by atoms with Crippen LogP contribution in [0.1, 0.15) is 13.3 Å². The lowest BCUT2D eigenvalue weighted by atomic mass is 10.5. The van der Waals surface area contributed by atoms with Crippen LogP contribution in [0.25, 0.3) is 0 Å². The van der Waals surface area contributed by atoms with Gasteiger partial charge in [0.15, 0.2) is 0 Å². The zero-order valence-electron chi connectivity index (χ0n) is 8.98. The second-order valence-electron chi connectivity index (χ2n) is 3.10. The summed E-state index contributed by atoms with van der Waals surface area (Å²) in [5.74, 6) is 5.95. The molecule has 0 spiro atoms. The number of imidazole rings is 1. The lowest BCUT2D eigenvalue weighted by Gasteiger charge is -2.08. The molecule has 0 radical (unpaired) electrons. The first-order valence-corrected chi connectivity index (χ1v) is 5.07. The lowest BCUT2D eigenvalue weighted by molar-refractivity contribution is 0.662. The molecule has 0 aliphatic heterocycles. The fraction of sp³-hybridized carbons (Fsp3) is 0.556. The predicted molar refractivity (Wildman–Crippen MR) is 60.1 cm³/mol. The number of hydrazine groups is 1. The molecule has 0 aliphatic carbocycles. The van der Waals surface area contributed by atoms with Gasteiger partial charge in [-0.15, -0.1) is 0 Å². The van der Waals surface area contributed by atoms with E-state index in [9.17, 15) is 0 Å². The number of guanidine groups is 1. The van der Waals surface area contributed by atoms with Crippen LogP contribution in [0.4, 0.5) is 0 Å². The van der Waals surface area contributed by atoms with Crippen molar-refractivity contribution in [3.8, 4) is 0 Å². The SMILES string of the molecule is CCCN=C(NN)NCCn1ccnc1. The van der Waals surface area contributed by atoms with E-state index in [2.05, 4.69) is 27.6 Å². The zero-order valence-corrected chi connectivity index (χ0v) is 8.98. The first kappa shape index (κ1) is 11.5. The number of nitrogens with two attached hydrogens (primary N) is 1. The molecule has 0 aliphatic rings. The summed E-state index contributed by atoms with van der Waals surface area (Å²) in [6.45, 7) is 4.46. The quantitative estimate of drug-likeness (QED) is 0.270. The third kappa shape index (κ3) is 4.46. The third-order valence-corrected chi connectivity index (χ3v) is 1.85. The van der Waals surface area contributed by atoms with E-state index in [0.717, 1.165) is 26.1 Å².